The first-order valence-corrected chi connectivity index (χ1v) is 5.51. The molecule has 2 aromatic rings. The van der Waals surface area contributed by atoms with Gasteiger partial charge < -0.3 is 9.52 Å². The summed E-state index contributed by atoms with van der Waals surface area (Å²) < 4.78 is 5.64. The number of aryl methyl sites for hydroxylation is 1. The number of nitrogens with zero attached hydrogens (tertiary/aromatic N) is 1. The lowest BCUT2D eigenvalue weighted by atomic mass is 10.1. The molecular weight excluding hydrogens is 202 g/mol. The van der Waals surface area contributed by atoms with Gasteiger partial charge >= 0.3 is 0 Å². The van der Waals surface area contributed by atoms with Gasteiger partial charge in [-0.1, -0.05) is 12.1 Å². The first kappa shape index (κ1) is 9.46. The van der Waals surface area contributed by atoms with Crippen LogP contribution in [0, 0.1) is 6.92 Å². The van der Waals surface area contributed by atoms with Crippen molar-refractivity contribution >= 4 is 0 Å². The maximum absolute atomic E-state index is 9.44. The molecule has 1 aromatic carbocycles. The van der Waals surface area contributed by atoms with Gasteiger partial charge in [-0.05, 0) is 31.9 Å². The van der Waals surface area contributed by atoms with Gasteiger partial charge in [0.25, 0.3) is 0 Å². The van der Waals surface area contributed by atoms with Crippen LogP contribution < -0.4 is 0 Å². The minimum absolute atomic E-state index is 0.257. The second-order valence-electron chi connectivity index (χ2n) is 4.28. The van der Waals surface area contributed by atoms with Crippen molar-refractivity contribution in [2.45, 2.75) is 25.7 Å². The standard InChI is InChI=1S/C13H13NO2/c1-8-12(10-3-2-4-11(15)7-10)14-13(16-8)9-5-6-9/h2-4,7,9,15H,5-6H2,1H3. The molecule has 0 saturated heterocycles. The topological polar surface area (TPSA) is 46.3 Å². The first-order valence-electron chi connectivity index (χ1n) is 5.51. The Morgan fingerprint density at radius 2 is 2.19 bits per heavy atom. The quantitative estimate of drug-likeness (QED) is 0.836. The Kier molecular flexibility index (Phi) is 1.99. The van der Waals surface area contributed by atoms with Crippen molar-refractivity contribution in [3.63, 3.8) is 0 Å². The van der Waals surface area contributed by atoms with Crippen LogP contribution in [0.15, 0.2) is 28.7 Å². The number of aromatic nitrogens is 1. The van der Waals surface area contributed by atoms with E-state index >= 15 is 0 Å². The fourth-order valence-corrected chi connectivity index (χ4v) is 1.84. The predicted molar refractivity (Wildman–Crippen MR) is 60.3 cm³/mol. The van der Waals surface area contributed by atoms with E-state index < -0.39 is 0 Å². The van der Waals surface area contributed by atoms with Crippen LogP contribution >= 0.6 is 0 Å². The minimum atomic E-state index is 0.257. The Hall–Kier alpha value is -1.77. The molecule has 1 aromatic heterocycles. The number of benzene rings is 1. The van der Waals surface area contributed by atoms with Gasteiger partial charge in [0.1, 0.15) is 17.2 Å². The summed E-state index contributed by atoms with van der Waals surface area (Å²) in [6.45, 7) is 1.91. The van der Waals surface area contributed by atoms with Gasteiger partial charge in [0.15, 0.2) is 5.89 Å². The second-order valence-corrected chi connectivity index (χ2v) is 4.28. The van der Waals surface area contributed by atoms with Crippen LogP contribution in [0.3, 0.4) is 0 Å². The zero-order chi connectivity index (χ0) is 11.1. The number of phenolic OH excluding ortho intramolecular Hbond substituents is 1. The Morgan fingerprint density at radius 1 is 1.38 bits per heavy atom. The molecule has 0 unspecified atom stereocenters. The number of aromatic hydroxyl groups is 1. The molecule has 1 N–H and O–H groups in total. The van der Waals surface area contributed by atoms with Crippen LogP contribution in [0.25, 0.3) is 11.3 Å². The van der Waals surface area contributed by atoms with Crippen molar-refractivity contribution in [1.82, 2.24) is 4.98 Å². The third-order valence-electron chi connectivity index (χ3n) is 2.86. The number of hydrogen-bond acceptors (Lipinski definition) is 3. The highest BCUT2D eigenvalue weighted by Crippen LogP contribution is 2.41. The molecule has 1 fully saturated rings. The lowest BCUT2D eigenvalue weighted by Crippen LogP contribution is -1.81. The maximum Gasteiger partial charge on any atom is 0.198 e. The van der Waals surface area contributed by atoms with Crippen molar-refractivity contribution in [2.24, 2.45) is 0 Å². The van der Waals surface area contributed by atoms with Gasteiger partial charge in [-0.3, -0.25) is 0 Å². The van der Waals surface area contributed by atoms with Crippen LogP contribution in [0.1, 0.15) is 30.4 Å². The van der Waals surface area contributed by atoms with Gasteiger partial charge in [0.2, 0.25) is 0 Å². The molecule has 0 amide bonds. The normalized spacial score (nSPS) is 15.3. The molecule has 82 valence electrons. The van der Waals surface area contributed by atoms with E-state index in [4.69, 9.17) is 4.42 Å². The molecule has 0 atom stereocenters. The number of oxazole rings is 1. The number of hydrogen-bond donors (Lipinski definition) is 1. The molecule has 1 aliphatic carbocycles. The van der Waals surface area contributed by atoms with Crippen LogP contribution in [-0.2, 0) is 0 Å². The SMILES string of the molecule is Cc1oc(C2CC2)nc1-c1cccc(O)c1. The van der Waals surface area contributed by atoms with Gasteiger partial charge in [0, 0.05) is 11.5 Å². The number of rotatable bonds is 2. The predicted octanol–water partition coefficient (Wildman–Crippen LogP) is 3.23. The lowest BCUT2D eigenvalue weighted by Gasteiger charge is -1.97. The third kappa shape index (κ3) is 1.58. The van der Waals surface area contributed by atoms with E-state index in [1.54, 1.807) is 12.1 Å². The largest absolute Gasteiger partial charge is 0.508 e. The average molecular weight is 215 g/mol. The van der Waals surface area contributed by atoms with E-state index in [0.717, 1.165) is 22.9 Å². The van der Waals surface area contributed by atoms with E-state index in [9.17, 15) is 5.11 Å². The van der Waals surface area contributed by atoms with E-state index in [-0.39, 0.29) is 5.75 Å². The van der Waals surface area contributed by atoms with Gasteiger partial charge in [-0.25, -0.2) is 4.98 Å². The summed E-state index contributed by atoms with van der Waals surface area (Å²) in [6.07, 6.45) is 2.36. The zero-order valence-electron chi connectivity index (χ0n) is 9.10. The van der Waals surface area contributed by atoms with Crippen molar-refractivity contribution in [2.75, 3.05) is 0 Å². The highest BCUT2D eigenvalue weighted by atomic mass is 16.4. The Morgan fingerprint density at radius 3 is 2.88 bits per heavy atom. The molecule has 1 aliphatic rings. The Balaban J connectivity index is 2.04. The van der Waals surface area contributed by atoms with Crippen LogP contribution in [0.5, 0.6) is 5.75 Å². The molecule has 0 radical (unpaired) electrons. The van der Waals surface area contributed by atoms with E-state index in [0.29, 0.717) is 5.92 Å². The summed E-state index contributed by atoms with van der Waals surface area (Å²) in [5, 5.41) is 9.44. The highest BCUT2D eigenvalue weighted by Gasteiger charge is 2.29. The molecule has 3 nitrogen and oxygen atoms in total. The molecule has 1 saturated carbocycles. The highest BCUT2D eigenvalue weighted by molar-refractivity contribution is 5.62. The Labute approximate surface area is 93.8 Å². The fraction of sp³-hybridized carbons (Fsp3) is 0.308. The van der Waals surface area contributed by atoms with Gasteiger partial charge in [0.05, 0.1) is 0 Å². The van der Waals surface area contributed by atoms with Crippen molar-refractivity contribution in [3.05, 3.63) is 35.9 Å². The summed E-state index contributed by atoms with van der Waals surface area (Å²) in [7, 11) is 0. The monoisotopic (exact) mass is 215 g/mol. The van der Waals surface area contributed by atoms with E-state index in [2.05, 4.69) is 4.98 Å². The van der Waals surface area contributed by atoms with E-state index in [1.807, 2.05) is 19.1 Å². The summed E-state index contributed by atoms with van der Waals surface area (Å²) >= 11 is 0. The third-order valence-corrected chi connectivity index (χ3v) is 2.86. The van der Waals surface area contributed by atoms with Gasteiger partial charge in [-0.2, -0.15) is 0 Å². The first-order chi connectivity index (χ1) is 7.74. The smallest absolute Gasteiger partial charge is 0.198 e. The summed E-state index contributed by atoms with van der Waals surface area (Å²) in [6, 6.07) is 7.11. The fourth-order valence-electron chi connectivity index (χ4n) is 1.84. The lowest BCUT2D eigenvalue weighted by molar-refractivity contribution is 0.473. The maximum atomic E-state index is 9.44. The summed E-state index contributed by atoms with van der Waals surface area (Å²) in [4.78, 5) is 4.51. The molecular formula is C13H13NO2. The molecule has 3 heteroatoms. The van der Waals surface area contributed by atoms with E-state index in [1.165, 1.54) is 12.8 Å². The van der Waals surface area contributed by atoms with Crippen molar-refractivity contribution in [3.8, 4) is 17.0 Å². The minimum Gasteiger partial charge on any atom is -0.508 e. The zero-order valence-corrected chi connectivity index (χ0v) is 9.10. The average Bonchev–Trinajstić information content (AvgIpc) is 3.02. The molecule has 16 heavy (non-hydrogen) atoms. The molecule has 0 bridgehead atoms. The van der Waals surface area contributed by atoms with Crippen molar-refractivity contribution in [1.29, 1.82) is 0 Å². The van der Waals surface area contributed by atoms with Gasteiger partial charge in [-0.15, -0.1) is 0 Å². The summed E-state index contributed by atoms with van der Waals surface area (Å²) in [5.41, 5.74) is 1.76. The second kappa shape index (κ2) is 3.37. The molecule has 3 rings (SSSR count). The molecule has 0 aliphatic heterocycles. The summed E-state index contributed by atoms with van der Waals surface area (Å²) in [5.74, 6) is 2.45. The van der Waals surface area contributed by atoms with Crippen LogP contribution in [-0.4, -0.2) is 10.1 Å². The van der Waals surface area contributed by atoms with Crippen LogP contribution in [0.4, 0.5) is 0 Å². The van der Waals surface area contributed by atoms with Crippen molar-refractivity contribution < 1.29 is 9.52 Å². The Bertz CT molecular complexity index is 526. The molecule has 0 spiro atoms. The van der Waals surface area contributed by atoms with Crippen LogP contribution in [0.2, 0.25) is 0 Å². The molecule has 1 heterocycles. The number of phenols is 1.